The molecule has 2 unspecified atom stereocenters. The van der Waals surface area contributed by atoms with Gasteiger partial charge >= 0.3 is 18.9 Å². The van der Waals surface area contributed by atoms with E-state index in [2.05, 4.69) is 4.52 Å². The molecule has 0 radical (unpaired) electrons. The number of nitrogens with zero attached hydrogens (tertiary/aromatic N) is 1. The lowest BCUT2D eigenvalue weighted by molar-refractivity contribution is -0.0673. The summed E-state index contributed by atoms with van der Waals surface area (Å²) in [6.45, 7) is 2.35. The normalized spacial score (nSPS) is 26.6. The summed E-state index contributed by atoms with van der Waals surface area (Å²) in [5, 5.41) is 10.0. The number of rotatable bonds is 6. The number of hydrogen-bond acceptors (Lipinski definition) is 6. The largest absolute Gasteiger partial charge is 0.397 e. The molecule has 0 amide bonds. The Balaban J connectivity index is 2.19. The minimum absolute atomic E-state index is 0.167. The van der Waals surface area contributed by atoms with E-state index < -0.39 is 49.4 Å². The number of aromatic amines is 1. The maximum absolute atomic E-state index is 14.0. The zero-order valence-electron chi connectivity index (χ0n) is 13.5. The van der Waals surface area contributed by atoms with Crippen molar-refractivity contribution in [1.82, 2.24) is 9.55 Å². The maximum Gasteiger partial charge on any atom is 0.397 e. The van der Waals surface area contributed by atoms with E-state index in [9.17, 15) is 32.9 Å². The highest BCUT2D eigenvalue weighted by atomic mass is 31.2. The molecule has 3 N–H and O–H groups in total. The summed E-state index contributed by atoms with van der Waals surface area (Å²) >= 11 is 0. The molecule has 12 heteroatoms. The molecule has 0 aromatic carbocycles. The first-order valence-electron chi connectivity index (χ1n) is 7.49. The number of aromatic nitrogens is 2. The van der Waals surface area contributed by atoms with Crippen LogP contribution in [0.4, 0.5) is 8.78 Å². The number of H-pyrrole nitrogens is 1. The topological polar surface area (TPSA) is 131 Å². The molecule has 0 bridgehead atoms. The molecule has 2 heterocycles. The average Bonchev–Trinajstić information content (AvgIpc) is 2.82. The third kappa shape index (κ3) is 4.06. The Morgan fingerprint density at radius 1 is 1.52 bits per heavy atom. The fraction of sp³-hybridized carbons (Fsp3) is 0.692. The lowest BCUT2D eigenvalue weighted by Gasteiger charge is -2.24. The van der Waals surface area contributed by atoms with Crippen LogP contribution in [0.2, 0.25) is 0 Å². The van der Waals surface area contributed by atoms with E-state index in [1.54, 1.807) is 0 Å². The highest BCUT2D eigenvalue weighted by Gasteiger charge is 2.54. The third-order valence-electron chi connectivity index (χ3n) is 3.78. The van der Waals surface area contributed by atoms with E-state index in [0.29, 0.717) is 0 Å². The van der Waals surface area contributed by atoms with Crippen LogP contribution in [-0.4, -0.2) is 44.0 Å². The Morgan fingerprint density at radius 3 is 2.76 bits per heavy atom. The van der Waals surface area contributed by atoms with Crippen LogP contribution in [0.25, 0.3) is 0 Å². The zero-order chi connectivity index (χ0) is 19.0. The predicted octanol–water partition coefficient (Wildman–Crippen LogP) is 0.698. The van der Waals surface area contributed by atoms with Crippen molar-refractivity contribution in [2.75, 3.05) is 6.61 Å². The molecule has 1 saturated heterocycles. The minimum atomic E-state index is -5.19. The fourth-order valence-corrected chi connectivity index (χ4v) is 3.52. The Morgan fingerprint density at radius 2 is 2.16 bits per heavy atom. The van der Waals surface area contributed by atoms with Gasteiger partial charge < -0.3 is 19.3 Å². The lowest BCUT2D eigenvalue weighted by Crippen LogP contribution is -2.36. The van der Waals surface area contributed by atoms with E-state index in [1.165, 1.54) is 13.8 Å². The molecule has 1 aromatic heterocycles. The van der Waals surface area contributed by atoms with Crippen molar-refractivity contribution in [1.29, 1.82) is 0 Å². The van der Waals surface area contributed by atoms with Gasteiger partial charge in [0.2, 0.25) is 0 Å². The number of hydrogen-bond donors (Lipinski definition) is 3. The minimum Gasteiger partial charge on any atom is -0.388 e. The van der Waals surface area contributed by atoms with Crippen molar-refractivity contribution in [3.8, 4) is 0 Å². The van der Waals surface area contributed by atoms with Crippen LogP contribution < -0.4 is 11.2 Å². The quantitative estimate of drug-likeness (QED) is 0.615. The molecule has 0 saturated carbocycles. The van der Waals surface area contributed by atoms with Crippen molar-refractivity contribution in [3.63, 3.8) is 0 Å². The van der Waals surface area contributed by atoms with Gasteiger partial charge in [0.25, 0.3) is 5.56 Å². The maximum atomic E-state index is 14.0. The van der Waals surface area contributed by atoms with E-state index in [1.807, 2.05) is 4.98 Å². The van der Waals surface area contributed by atoms with Crippen LogP contribution in [0.15, 0.2) is 15.8 Å². The van der Waals surface area contributed by atoms with Gasteiger partial charge in [-0.3, -0.25) is 18.9 Å². The number of aryl methyl sites for hydroxylation is 1. The van der Waals surface area contributed by atoms with Crippen LogP contribution in [-0.2, 0) is 13.8 Å². The number of aliphatic hydroxyl groups is 1. The third-order valence-corrected chi connectivity index (χ3v) is 5.39. The van der Waals surface area contributed by atoms with E-state index >= 15 is 0 Å². The fourth-order valence-electron chi connectivity index (χ4n) is 2.55. The molecular formula is C13H19F2N2O7P. The first-order valence-corrected chi connectivity index (χ1v) is 9.07. The molecule has 1 fully saturated rings. The summed E-state index contributed by atoms with van der Waals surface area (Å²) < 4.78 is 49.9. The first kappa shape index (κ1) is 19.9. The lowest BCUT2D eigenvalue weighted by atomic mass is 10.1. The Bertz CT molecular complexity index is 793. The number of ether oxygens (including phenoxy) is 1. The number of halogens is 2. The molecular weight excluding hydrogens is 365 g/mol. The molecule has 4 atom stereocenters. The van der Waals surface area contributed by atoms with Gasteiger partial charge in [-0.1, -0.05) is 0 Å². The molecule has 142 valence electrons. The zero-order valence-corrected chi connectivity index (χ0v) is 14.4. The van der Waals surface area contributed by atoms with Gasteiger partial charge in [0.15, 0.2) is 6.23 Å². The van der Waals surface area contributed by atoms with E-state index in [-0.39, 0.29) is 18.6 Å². The van der Waals surface area contributed by atoms with E-state index in [0.717, 1.165) is 10.8 Å². The van der Waals surface area contributed by atoms with Crippen molar-refractivity contribution in [2.24, 2.45) is 0 Å². The van der Waals surface area contributed by atoms with Crippen molar-refractivity contribution in [2.45, 2.75) is 50.8 Å². The van der Waals surface area contributed by atoms with Crippen molar-refractivity contribution < 1.29 is 32.6 Å². The smallest absolute Gasteiger partial charge is 0.388 e. The second kappa shape index (κ2) is 7.08. The first-order chi connectivity index (χ1) is 11.5. The Labute approximate surface area is 140 Å². The van der Waals surface area contributed by atoms with Gasteiger partial charge in [-0.2, -0.15) is 8.78 Å². The van der Waals surface area contributed by atoms with Gasteiger partial charge in [0.05, 0.1) is 19.1 Å². The van der Waals surface area contributed by atoms with Crippen LogP contribution in [0, 0.1) is 6.92 Å². The molecule has 9 nitrogen and oxygen atoms in total. The van der Waals surface area contributed by atoms with Gasteiger partial charge in [0.1, 0.15) is 6.10 Å². The average molecular weight is 384 g/mol. The highest BCUT2D eigenvalue weighted by molar-refractivity contribution is 7.54. The molecule has 1 aromatic rings. The standard InChI is InChI=1S/C13H19F2N2O7P/c1-3-23-25(21,22)13(14,15)5-8-4-9(18)11(24-8)17-6-7(2)10(19)16-12(17)20/h6,8-9,11,18H,3-5H2,1-2H3,(H,21,22)(H,16,19,20)/t8-,9+,11?/m0/s1. The second-order valence-electron chi connectivity index (χ2n) is 5.74. The molecule has 0 spiro atoms. The number of alkyl halides is 2. The highest BCUT2D eigenvalue weighted by Crippen LogP contribution is 2.60. The summed E-state index contributed by atoms with van der Waals surface area (Å²) in [5.74, 6) is 0. The van der Waals surface area contributed by atoms with Gasteiger partial charge in [-0.05, 0) is 13.8 Å². The van der Waals surface area contributed by atoms with Crippen LogP contribution in [0.5, 0.6) is 0 Å². The predicted molar refractivity (Wildman–Crippen MR) is 81.6 cm³/mol. The molecule has 1 aliphatic rings. The molecule has 0 aliphatic carbocycles. The summed E-state index contributed by atoms with van der Waals surface area (Å²) in [6, 6.07) is 0. The number of aliphatic hydroxyl groups excluding tert-OH is 1. The van der Waals surface area contributed by atoms with Crippen LogP contribution >= 0.6 is 7.60 Å². The Kier molecular flexibility index (Phi) is 5.65. The summed E-state index contributed by atoms with van der Waals surface area (Å²) in [4.78, 5) is 34.5. The Hall–Kier alpha value is -1.39. The van der Waals surface area contributed by atoms with Gasteiger partial charge in [-0.15, -0.1) is 0 Å². The van der Waals surface area contributed by atoms with Crippen LogP contribution in [0.1, 0.15) is 31.6 Å². The molecule has 1 aliphatic heterocycles. The SMILES string of the molecule is CCOP(=O)(O)C(F)(F)C[C@@H]1C[C@@H](O)C(n2cc(C)c(=O)[nH]c2=O)O1. The number of nitrogens with one attached hydrogen (secondary N) is 1. The van der Waals surface area contributed by atoms with E-state index in [4.69, 9.17) is 4.74 Å². The monoisotopic (exact) mass is 384 g/mol. The second-order valence-corrected chi connectivity index (χ2v) is 7.69. The summed E-state index contributed by atoms with van der Waals surface area (Å²) in [5.41, 5.74) is -5.39. The van der Waals surface area contributed by atoms with Crippen molar-refractivity contribution in [3.05, 3.63) is 32.6 Å². The van der Waals surface area contributed by atoms with Gasteiger partial charge in [-0.25, -0.2) is 4.79 Å². The molecule has 25 heavy (non-hydrogen) atoms. The summed E-state index contributed by atoms with van der Waals surface area (Å²) in [7, 11) is -5.19. The summed E-state index contributed by atoms with van der Waals surface area (Å²) in [6.07, 6.45) is -4.19. The van der Waals surface area contributed by atoms with Crippen molar-refractivity contribution >= 4 is 7.60 Å². The van der Waals surface area contributed by atoms with Gasteiger partial charge in [0, 0.05) is 18.2 Å². The molecule has 2 rings (SSSR count). The van der Waals surface area contributed by atoms with Crippen LogP contribution in [0.3, 0.4) is 0 Å².